The third-order valence-electron chi connectivity index (χ3n) is 2.14. The third-order valence-corrected chi connectivity index (χ3v) is 2.14. The normalized spacial score (nSPS) is 13.5. The molecule has 0 bridgehead atoms. The van der Waals surface area contributed by atoms with Gasteiger partial charge in [-0.25, -0.2) is 4.98 Å². The fourth-order valence-electron chi connectivity index (χ4n) is 1.56. The highest BCUT2D eigenvalue weighted by Crippen LogP contribution is 2.17. The highest BCUT2D eigenvalue weighted by atomic mass is 16.1. The van der Waals surface area contributed by atoms with Crippen molar-refractivity contribution in [2.24, 2.45) is 5.41 Å². The molecule has 1 rings (SSSR count). The zero-order valence-corrected chi connectivity index (χ0v) is 10.5. The van der Waals surface area contributed by atoms with E-state index >= 15 is 0 Å². The van der Waals surface area contributed by atoms with E-state index in [4.69, 9.17) is 0 Å². The Labute approximate surface area is 97.1 Å². The van der Waals surface area contributed by atoms with Gasteiger partial charge in [-0.3, -0.25) is 4.79 Å². The van der Waals surface area contributed by atoms with Gasteiger partial charge in [0.1, 0.15) is 0 Å². The maximum atomic E-state index is 11.7. The molecule has 0 aromatic carbocycles. The minimum absolute atomic E-state index is 0.0405. The molecular formula is C12H21N3O. The number of rotatable bonds is 4. The first-order chi connectivity index (χ1) is 7.37. The van der Waals surface area contributed by atoms with Gasteiger partial charge in [0.25, 0.3) is 0 Å². The van der Waals surface area contributed by atoms with Crippen molar-refractivity contribution >= 4 is 5.91 Å². The van der Waals surface area contributed by atoms with E-state index in [-0.39, 0.29) is 17.4 Å². The van der Waals surface area contributed by atoms with Crippen molar-refractivity contribution in [1.82, 2.24) is 14.9 Å². The summed E-state index contributed by atoms with van der Waals surface area (Å²) in [4.78, 5) is 15.6. The van der Waals surface area contributed by atoms with Crippen molar-refractivity contribution in [1.29, 1.82) is 0 Å². The van der Waals surface area contributed by atoms with Gasteiger partial charge in [0.05, 0.1) is 6.33 Å². The number of carbonyl (C=O) groups is 1. The second kappa shape index (κ2) is 5.14. The van der Waals surface area contributed by atoms with Crippen molar-refractivity contribution in [3.63, 3.8) is 0 Å². The van der Waals surface area contributed by atoms with E-state index in [1.807, 2.05) is 17.7 Å². The zero-order valence-electron chi connectivity index (χ0n) is 10.5. The molecule has 4 heteroatoms. The van der Waals surface area contributed by atoms with Crippen molar-refractivity contribution in [2.75, 3.05) is 0 Å². The van der Waals surface area contributed by atoms with E-state index in [9.17, 15) is 4.79 Å². The number of nitrogens with one attached hydrogen (secondary N) is 1. The molecule has 0 fully saturated rings. The summed E-state index contributed by atoms with van der Waals surface area (Å²) in [5.74, 6) is 0.111. The van der Waals surface area contributed by atoms with Crippen molar-refractivity contribution < 1.29 is 4.79 Å². The third kappa shape index (κ3) is 4.96. The summed E-state index contributed by atoms with van der Waals surface area (Å²) in [6, 6.07) is 0.129. The summed E-state index contributed by atoms with van der Waals surface area (Å²) in [5, 5.41) is 2.99. The van der Waals surface area contributed by atoms with Crippen LogP contribution in [0.3, 0.4) is 0 Å². The van der Waals surface area contributed by atoms with Gasteiger partial charge in [-0.15, -0.1) is 0 Å². The quantitative estimate of drug-likeness (QED) is 0.846. The Bertz CT molecular complexity index is 325. The molecule has 0 unspecified atom stereocenters. The maximum Gasteiger partial charge on any atom is 0.220 e. The van der Waals surface area contributed by atoms with Crippen LogP contribution < -0.4 is 5.32 Å². The standard InChI is InChI=1S/C12H21N3O/c1-10(8-15-6-5-13-9-15)14-11(16)7-12(2,3)4/h5-6,9-10H,7-8H2,1-4H3,(H,14,16)/t10-/m1/s1. The Morgan fingerprint density at radius 3 is 2.69 bits per heavy atom. The van der Waals surface area contributed by atoms with E-state index in [2.05, 4.69) is 31.1 Å². The molecule has 1 atom stereocenters. The average Bonchev–Trinajstić information content (AvgIpc) is 2.51. The lowest BCUT2D eigenvalue weighted by atomic mass is 9.92. The van der Waals surface area contributed by atoms with Crippen LogP contribution >= 0.6 is 0 Å². The number of imidazole rings is 1. The number of hydrogen-bond acceptors (Lipinski definition) is 2. The van der Waals surface area contributed by atoms with Gasteiger partial charge < -0.3 is 9.88 Å². The lowest BCUT2D eigenvalue weighted by Crippen LogP contribution is -2.37. The lowest BCUT2D eigenvalue weighted by molar-refractivity contribution is -0.123. The molecule has 1 aromatic heterocycles. The lowest BCUT2D eigenvalue weighted by Gasteiger charge is -2.20. The molecule has 0 aliphatic carbocycles. The molecule has 1 heterocycles. The molecular weight excluding hydrogens is 202 g/mol. The van der Waals surface area contributed by atoms with Crippen LogP contribution in [-0.4, -0.2) is 21.5 Å². The highest BCUT2D eigenvalue weighted by Gasteiger charge is 2.17. The van der Waals surface area contributed by atoms with Crippen molar-refractivity contribution in [3.8, 4) is 0 Å². The number of nitrogens with zero attached hydrogens (tertiary/aromatic N) is 2. The van der Waals surface area contributed by atoms with Gasteiger partial charge >= 0.3 is 0 Å². The summed E-state index contributed by atoms with van der Waals surface area (Å²) >= 11 is 0. The maximum absolute atomic E-state index is 11.7. The Morgan fingerprint density at radius 1 is 1.50 bits per heavy atom. The molecule has 90 valence electrons. The van der Waals surface area contributed by atoms with Gasteiger partial charge in [0, 0.05) is 31.4 Å². The fourth-order valence-corrected chi connectivity index (χ4v) is 1.56. The van der Waals surface area contributed by atoms with Crippen LogP contribution in [0.4, 0.5) is 0 Å². The van der Waals surface area contributed by atoms with Gasteiger partial charge in [-0.2, -0.15) is 0 Å². The summed E-state index contributed by atoms with van der Waals surface area (Å²) in [6.07, 6.45) is 5.95. The Kier molecular flexibility index (Phi) is 4.10. The summed E-state index contributed by atoms with van der Waals surface area (Å²) in [7, 11) is 0. The first-order valence-corrected chi connectivity index (χ1v) is 5.62. The summed E-state index contributed by atoms with van der Waals surface area (Å²) in [5.41, 5.74) is 0.0405. The van der Waals surface area contributed by atoms with Crippen molar-refractivity contribution in [2.45, 2.75) is 46.7 Å². The van der Waals surface area contributed by atoms with Crippen LogP contribution in [0.15, 0.2) is 18.7 Å². The number of hydrogen-bond donors (Lipinski definition) is 1. The molecule has 0 radical (unpaired) electrons. The Hall–Kier alpha value is -1.32. The Morgan fingerprint density at radius 2 is 2.19 bits per heavy atom. The van der Waals surface area contributed by atoms with Gasteiger partial charge in [-0.05, 0) is 12.3 Å². The average molecular weight is 223 g/mol. The van der Waals surface area contributed by atoms with E-state index in [0.717, 1.165) is 6.54 Å². The molecule has 0 spiro atoms. The van der Waals surface area contributed by atoms with Crippen molar-refractivity contribution in [3.05, 3.63) is 18.7 Å². The van der Waals surface area contributed by atoms with Crippen LogP contribution in [0, 0.1) is 5.41 Å². The van der Waals surface area contributed by atoms with Crippen LogP contribution in [0.2, 0.25) is 0 Å². The predicted octanol–water partition coefficient (Wildman–Crippen LogP) is 1.82. The van der Waals surface area contributed by atoms with E-state index in [0.29, 0.717) is 6.42 Å². The van der Waals surface area contributed by atoms with Crippen LogP contribution in [0.5, 0.6) is 0 Å². The van der Waals surface area contributed by atoms with Crippen LogP contribution in [-0.2, 0) is 11.3 Å². The van der Waals surface area contributed by atoms with Crippen LogP contribution in [0.25, 0.3) is 0 Å². The number of aromatic nitrogens is 2. The molecule has 1 N–H and O–H groups in total. The summed E-state index contributed by atoms with van der Waals surface area (Å²) in [6.45, 7) is 8.95. The molecule has 1 aromatic rings. The topological polar surface area (TPSA) is 46.9 Å². The van der Waals surface area contributed by atoms with E-state index < -0.39 is 0 Å². The highest BCUT2D eigenvalue weighted by molar-refractivity contribution is 5.76. The van der Waals surface area contributed by atoms with E-state index in [1.54, 1.807) is 12.5 Å². The van der Waals surface area contributed by atoms with Gasteiger partial charge in [0.2, 0.25) is 5.91 Å². The molecule has 0 saturated heterocycles. The second-order valence-electron chi connectivity index (χ2n) is 5.47. The SMILES string of the molecule is C[C@H](Cn1ccnc1)NC(=O)CC(C)(C)C. The molecule has 4 nitrogen and oxygen atoms in total. The largest absolute Gasteiger partial charge is 0.352 e. The predicted molar refractivity (Wildman–Crippen MR) is 63.9 cm³/mol. The molecule has 0 saturated carbocycles. The first kappa shape index (κ1) is 12.7. The van der Waals surface area contributed by atoms with Gasteiger partial charge in [0.15, 0.2) is 0 Å². The molecule has 1 amide bonds. The second-order valence-corrected chi connectivity index (χ2v) is 5.47. The molecule has 0 aliphatic rings. The molecule has 16 heavy (non-hydrogen) atoms. The number of carbonyl (C=O) groups excluding carboxylic acids is 1. The Balaban J connectivity index is 2.34. The van der Waals surface area contributed by atoms with E-state index in [1.165, 1.54) is 0 Å². The first-order valence-electron chi connectivity index (χ1n) is 5.62. The summed E-state index contributed by atoms with van der Waals surface area (Å²) < 4.78 is 1.96. The smallest absolute Gasteiger partial charge is 0.220 e. The zero-order chi connectivity index (χ0) is 12.2. The minimum atomic E-state index is 0.0405. The van der Waals surface area contributed by atoms with Crippen LogP contribution in [0.1, 0.15) is 34.1 Å². The fraction of sp³-hybridized carbons (Fsp3) is 0.667. The molecule has 0 aliphatic heterocycles. The monoisotopic (exact) mass is 223 g/mol. The number of amides is 1. The van der Waals surface area contributed by atoms with Gasteiger partial charge in [-0.1, -0.05) is 20.8 Å². The minimum Gasteiger partial charge on any atom is -0.352 e.